The maximum Gasteiger partial charge on any atom is 0.338 e. The van der Waals surface area contributed by atoms with E-state index in [2.05, 4.69) is 15.5 Å². The van der Waals surface area contributed by atoms with Crippen molar-refractivity contribution in [2.45, 2.75) is 6.42 Å². The molecule has 0 spiro atoms. The maximum absolute atomic E-state index is 12.6. The minimum absolute atomic E-state index is 0.316. The predicted octanol–water partition coefficient (Wildman–Crippen LogP) is 6.31. The van der Waals surface area contributed by atoms with Gasteiger partial charge in [-0.2, -0.15) is 5.10 Å². The molecule has 1 aromatic heterocycles. The van der Waals surface area contributed by atoms with Gasteiger partial charge in [-0.25, -0.2) is 9.78 Å². The van der Waals surface area contributed by atoms with Crippen LogP contribution < -0.4 is 5.43 Å². The zero-order valence-corrected chi connectivity index (χ0v) is 18.6. The van der Waals surface area contributed by atoms with E-state index in [9.17, 15) is 4.79 Å². The molecule has 0 aliphatic rings. The normalized spacial score (nSPS) is 10.9. The first kappa shape index (κ1) is 21.7. The summed E-state index contributed by atoms with van der Waals surface area (Å²) >= 11 is 7.66. The van der Waals surface area contributed by atoms with Crippen LogP contribution in [0.5, 0.6) is 0 Å². The molecule has 0 aliphatic carbocycles. The number of hydrazone groups is 1. The molecular formula is C25H20ClN3O2S. The summed E-state index contributed by atoms with van der Waals surface area (Å²) in [5.74, 6) is -0.377. The fourth-order valence-corrected chi connectivity index (χ4v) is 3.95. The van der Waals surface area contributed by atoms with E-state index in [-0.39, 0.29) is 5.97 Å². The second-order valence-electron chi connectivity index (χ2n) is 6.85. The van der Waals surface area contributed by atoms with Crippen LogP contribution in [0.15, 0.2) is 89.3 Å². The Morgan fingerprint density at radius 2 is 1.78 bits per heavy atom. The van der Waals surface area contributed by atoms with Gasteiger partial charge in [-0.05, 0) is 17.7 Å². The van der Waals surface area contributed by atoms with E-state index in [1.54, 1.807) is 18.3 Å². The Morgan fingerprint density at radius 1 is 1.03 bits per heavy atom. The monoisotopic (exact) mass is 461 g/mol. The van der Waals surface area contributed by atoms with Gasteiger partial charge in [0.05, 0.1) is 24.1 Å². The van der Waals surface area contributed by atoms with Gasteiger partial charge in [-0.3, -0.25) is 5.43 Å². The molecule has 5 nitrogen and oxygen atoms in total. The van der Waals surface area contributed by atoms with Gasteiger partial charge < -0.3 is 4.74 Å². The molecule has 1 N–H and O–H groups in total. The number of rotatable bonds is 8. The molecule has 1 heterocycles. The predicted molar refractivity (Wildman–Crippen MR) is 131 cm³/mol. The molecule has 0 atom stereocenters. The summed E-state index contributed by atoms with van der Waals surface area (Å²) in [6, 6.07) is 24.7. The van der Waals surface area contributed by atoms with Gasteiger partial charge in [0.1, 0.15) is 0 Å². The van der Waals surface area contributed by atoms with Gasteiger partial charge in [-0.15, -0.1) is 11.3 Å². The molecule has 4 rings (SSSR count). The molecular weight excluding hydrogens is 442 g/mol. The fourth-order valence-electron chi connectivity index (χ4n) is 3.05. The van der Waals surface area contributed by atoms with Gasteiger partial charge in [0, 0.05) is 28.0 Å². The number of carbonyl (C=O) groups is 1. The zero-order chi connectivity index (χ0) is 22.2. The van der Waals surface area contributed by atoms with Crippen molar-refractivity contribution in [2.75, 3.05) is 12.0 Å². The Kier molecular flexibility index (Phi) is 7.27. The number of carbonyl (C=O) groups excluding carboxylic acids is 1. The average Bonchev–Trinajstić information content (AvgIpc) is 3.29. The lowest BCUT2D eigenvalue weighted by Crippen LogP contribution is -2.10. The van der Waals surface area contributed by atoms with Crippen molar-refractivity contribution in [3.8, 4) is 11.3 Å². The van der Waals surface area contributed by atoms with Crippen LogP contribution in [0.2, 0.25) is 5.02 Å². The molecule has 3 aromatic carbocycles. The molecule has 0 fully saturated rings. The number of nitrogens with one attached hydrogen (secondary N) is 1. The van der Waals surface area contributed by atoms with Crippen LogP contribution in [-0.2, 0) is 11.2 Å². The van der Waals surface area contributed by atoms with Crippen LogP contribution in [0.3, 0.4) is 0 Å². The van der Waals surface area contributed by atoms with Crippen LogP contribution in [0.4, 0.5) is 5.13 Å². The van der Waals surface area contributed by atoms with E-state index in [1.165, 1.54) is 11.3 Å². The number of hydrogen-bond donors (Lipinski definition) is 1. The van der Waals surface area contributed by atoms with E-state index in [1.807, 2.05) is 72.1 Å². The summed E-state index contributed by atoms with van der Waals surface area (Å²) in [6.07, 6.45) is 2.26. The molecule has 7 heteroatoms. The number of anilines is 1. The van der Waals surface area contributed by atoms with Crippen molar-refractivity contribution < 1.29 is 9.53 Å². The fraction of sp³-hybridized carbons (Fsp3) is 0.0800. The Morgan fingerprint density at radius 3 is 2.62 bits per heavy atom. The van der Waals surface area contributed by atoms with Crippen molar-refractivity contribution >= 4 is 40.3 Å². The summed E-state index contributed by atoms with van der Waals surface area (Å²) in [6.45, 7) is 0.316. The van der Waals surface area contributed by atoms with Gasteiger partial charge in [-0.1, -0.05) is 78.3 Å². The topological polar surface area (TPSA) is 63.6 Å². The highest BCUT2D eigenvalue weighted by atomic mass is 35.5. The lowest BCUT2D eigenvalue weighted by atomic mass is 10.1. The first-order chi connectivity index (χ1) is 15.7. The second kappa shape index (κ2) is 10.7. The highest BCUT2D eigenvalue weighted by Crippen LogP contribution is 2.30. The Hall–Kier alpha value is -3.48. The smallest absolute Gasteiger partial charge is 0.338 e. The molecule has 4 aromatic rings. The Bertz CT molecular complexity index is 1220. The van der Waals surface area contributed by atoms with E-state index in [0.29, 0.717) is 34.3 Å². The molecule has 0 radical (unpaired) electrons. The third-order valence-corrected chi connectivity index (χ3v) is 5.74. The third kappa shape index (κ3) is 5.60. The van der Waals surface area contributed by atoms with E-state index >= 15 is 0 Å². The number of esters is 1. The highest BCUT2D eigenvalue weighted by Gasteiger charge is 2.11. The number of ether oxygens (including phenoxy) is 1. The molecule has 160 valence electrons. The van der Waals surface area contributed by atoms with E-state index < -0.39 is 0 Å². The zero-order valence-electron chi connectivity index (χ0n) is 17.1. The number of aromatic nitrogens is 1. The molecule has 0 saturated carbocycles. The van der Waals surface area contributed by atoms with Gasteiger partial charge in [0.15, 0.2) is 0 Å². The number of benzene rings is 3. The lowest BCUT2D eigenvalue weighted by Gasteiger charge is -2.07. The van der Waals surface area contributed by atoms with Crippen molar-refractivity contribution in [3.63, 3.8) is 0 Å². The van der Waals surface area contributed by atoms with Crippen LogP contribution in [0.1, 0.15) is 21.5 Å². The first-order valence-corrected chi connectivity index (χ1v) is 11.3. The number of thiazole rings is 1. The quantitative estimate of drug-likeness (QED) is 0.190. The van der Waals surface area contributed by atoms with Crippen LogP contribution in [0.25, 0.3) is 11.3 Å². The Labute approximate surface area is 195 Å². The largest absolute Gasteiger partial charge is 0.462 e. The maximum atomic E-state index is 12.6. The molecule has 0 bridgehead atoms. The van der Waals surface area contributed by atoms with Crippen LogP contribution >= 0.6 is 22.9 Å². The standard InChI is InChI=1S/C25H20ClN3O2S/c26-22-13-7-6-12-21(22)23-17-32-25(28-23)29-27-16-19-10-4-5-11-20(19)24(30)31-15-14-18-8-2-1-3-9-18/h1-13,16-17H,14-15H2,(H,28,29)/b27-16+. The van der Waals surface area contributed by atoms with Crippen molar-refractivity contribution in [2.24, 2.45) is 5.10 Å². The summed E-state index contributed by atoms with van der Waals surface area (Å²) in [7, 11) is 0. The summed E-state index contributed by atoms with van der Waals surface area (Å²) in [5, 5.41) is 7.43. The van der Waals surface area contributed by atoms with E-state index in [0.717, 1.165) is 16.8 Å². The number of nitrogens with zero attached hydrogens (tertiary/aromatic N) is 2. The van der Waals surface area contributed by atoms with Crippen molar-refractivity contribution in [1.29, 1.82) is 0 Å². The molecule has 0 amide bonds. The van der Waals surface area contributed by atoms with Gasteiger partial charge >= 0.3 is 5.97 Å². The number of hydrogen-bond acceptors (Lipinski definition) is 6. The van der Waals surface area contributed by atoms with Crippen LogP contribution in [0, 0.1) is 0 Å². The average molecular weight is 462 g/mol. The molecule has 0 unspecified atom stereocenters. The van der Waals surface area contributed by atoms with Gasteiger partial charge in [0.25, 0.3) is 0 Å². The molecule has 0 saturated heterocycles. The SMILES string of the molecule is O=C(OCCc1ccccc1)c1ccccc1/C=N/Nc1nc(-c2ccccc2Cl)cs1. The van der Waals surface area contributed by atoms with Gasteiger partial charge in [0.2, 0.25) is 5.13 Å². The van der Waals surface area contributed by atoms with Crippen molar-refractivity contribution in [3.05, 3.63) is 106 Å². The number of halogens is 1. The minimum atomic E-state index is -0.377. The molecule has 0 aliphatic heterocycles. The highest BCUT2D eigenvalue weighted by molar-refractivity contribution is 7.14. The summed E-state index contributed by atoms with van der Waals surface area (Å²) < 4.78 is 5.46. The first-order valence-electron chi connectivity index (χ1n) is 10.0. The van der Waals surface area contributed by atoms with Crippen molar-refractivity contribution in [1.82, 2.24) is 4.98 Å². The lowest BCUT2D eigenvalue weighted by molar-refractivity contribution is 0.0509. The summed E-state index contributed by atoms with van der Waals surface area (Å²) in [4.78, 5) is 17.1. The molecule has 32 heavy (non-hydrogen) atoms. The third-order valence-electron chi connectivity index (χ3n) is 4.67. The Balaban J connectivity index is 1.37. The minimum Gasteiger partial charge on any atom is -0.462 e. The van der Waals surface area contributed by atoms with Crippen LogP contribution in [-0.4, -0.2) is 23.8 Å². The second-order valence-corrected chi connectivity index (χ2v) is 8.11. The summed E-state index contributed by atoms with van der Waals surface area (Å²) in [5.41, 5.74) is 6.80. The van der Waals surface area contributed by atoms with E-state index in [4.69, 9.17) is 16.3 Å².